The van der Waals surface area contributed by atoms with Crippen LogP contribution in [0.5, 0.6) is 5.75 Å². The molecule has 0 bridgehead atoms. The van der Waals surface area contributed by atoms with Gasteiger partial charge in [-0.2, -0.15) is 0 Å². The fraction of sp³-hybridized carbons (Fsp3) is 0.600. The third-order valence-electron chi connectivity index (χ3n) is 2.11. The van der Waals surface area contributed by atoms with E-state index in [0.29, 0.717) is 12.1 Å². The van der Waals surface area contributed by atoms with Gasteiger partial charge in [-0.05, 0) is 13.3 Å². The first-order valence-electron chi connectivity index (χ1n) is 5.13. The average Bonchev–Trinajstić information content (AvgIpc) is 2.50. The van der Waals surface area contributed by atoms with E-state index in [1.807, 2.05) is 0 Å². The van der Waals surface area contributed by atoms with Crippen LogP contribution >= 0.6 is 0 Å². The lowest BCUT2D eigenvalue weighted by atomic mass is 10.2. The van der Waals surface area contributed by atoms with Crippen molar-refractivity contribution in [1.82, 2.24) is 10.2 Å². The highest BCUT2D eigenvalue weighted by atomic mass is 16.5. The molecule has 5 nitrogen and oxygen atoms in total. The van der Waals surface area contributed by atoms with Gasteiger partial charge in [-0.3, -0.25) is 19.8 Å². The van der Waals surface area contributed by atoms with E-state index in [-0.39, 0.29) is 11.7 Å². The van der Waals surface area contributed by atoms with Crippen LogP contribution in [0.3, 0.4) is 0 Å². The van der Waals surface area contributed by atoms with Gasteiger partial charge < -0.3 is 4.74 Å². The second-order valence-electron chi connectivity index (χ2n) is 3.46. The van der Waals surface area contributed by atoms with Crippen LogP contribution in [0.2, 0.25) is 0 Å². The first kappa shape index (κ1) is 11.6. The van der Waals surface area contributed by atoms with E-state index in [0.717, 1.165) is 19.3 Å². The molecule has 0 aromatic carbocycles. The Morgan fingerprint density at radius 3 is 2.60 bits per heavy atom. The molecule has 5 heteroatoms. The minimum atomic E-state index is -0.392. The Morgan fingerprint density at radius 1 is 1.33 bits per heavy atom. The Balaban J connectivity index is 2.48. The van der Waals surface area contributed by atoms with Crippen molar-refractivity contribution in [2.24, 2.45) is 0 Å². The van der Waals surface area contributed by atoms with Crippen molar-refractivity contribution >= 4 is 5.97 Å². The van der Waals surface area contributed by atoms with E-state index >= 15 is 0 Å². The van der Waals surface area contributed by atoms with Gasteiger partial charge in [0.05, 0.1) is 5.69 Å². The summed E-state index contributed by atoms with van der Waals surface area (Å²) in [6.45, 7) is 3.74. The summed E-state index contributed by atoms with van der Waals surface area (Å²) in [5.74, 6) is -0.270. The minimum Gasteiger partial charge on any atom is -0.419 e. The van der Waals surface area contributed by atoms with Crippen LogP contribution in [0.25, 0.3) is 0 Å². The maximum absolute atomic E-state index is 11.3. The predicted octanol–water partition coefficient (Wildman–Crippen LogP) is 1.50. The molecule has 0 amide bonds. The van der Waals surface area contributed by atoms with Gasteiger partial charge in [-0.25, -0.2) is 0 Å². The smallest absolute Gasteiger partial charge is 0.311 e. The molecule has 0 fully saturated rings. The number of esters is 1. The molecule has 0 atom stereocenters. The maximum Gasteiger partial charge on any atom is 0.311 e. The van der Waals surface area contributed by atoms with Gasteiger partial charge in [-0.1, -0.05) is 19.8 Å². The molecule has 2 N–H and O–H groups in total. The van der Waals surface area contributed by atoms with Gasteiger partial charge in [-0.15, -0.1) is 0 Å². The Hall–Kier alpha value is -1.52. The molecule has 84 valence electrons. The summed E-state index contributed by atoms with van der Waals surface area (Å²) in [5, 5.41) is 4.95. The van der Waals surface area contributed by atoms with Crippen LogP contribution in [-0.2, 0) is 4.79 Å². The lowest BCUT2D eigenvalue weighted by Crippen LogP contribution is -2.13. The van der Waals surface area contributed by atoms with Gasteiger partial charge in [0.2, 0.25) is 5.75 Å². The van der Waals surface area contributed by atoms with E-state index in [9.17, 15) is 9.59 Å². The predicted molar refractivity (Wildman–Crippen MR) is 55.9 cm³/mol. The molecule has 0 saturated carbocycles. The van der Waals surface area contributed by atoms with Gasteiger partial charge >= 0.3 is 11.5 Å². The zero-order valence-corrected chi connectivity index (χ0v) is 9.05. The monoisotopic (exact) mass is 212 g/mol. The largest absolute Gasteiger partial charge is 0.419 e. The molecule has 0 saturated heterocycles. The standard InChI is InChI=1S/C10H16N2O3/c1-3-4-5-6-8(13)15-9-7(2)11-12-10(9)14/h3-6H2,1-2H3,(H2,11,12,14). The van der Waals surface area contributed by atoms with Gasteiger partial charge in [0.25, 0.3) is 0 Å². The number of unbranched alkanes of at least 4 members (excludes halogenated alkanes) is 2. The third kappa shape index (κ3) is 3.27. The summed E-state index contributed by atoms with van der Waals surface area (Å²) >= 11 is 0. The lowest BCUT2D eigenvalue weighted by molar-refractivity contribution is -0.134. The van der Waals surface area contributed by atoms with Crippen LogP contribution < -0.4 is 10.3 Å². The van der Waals surface area contributed by atoms with Crippen molar-refractivity contribution in [2.45, 2.75) is 39.5 Å². The highest BCUT2D eigenvalue weighted by molar-refractivity contribution is 5.72. The third-order valence-corrected chi connectivity index (χ3v) is 2.11. The van der Waals surface area contributed by atoms with Crippen LogP contribution in [-0.4, -0.2) is 16.2 Å². The van der Waals surface area contributed by atoms with Crippen molar-refractivity contribution in [2.75, 3.05) is 0 Å². The van der Waals surface area contributed by atoms with Gasteiger partial charge in [0.15, 0.2) is 0 Å². The highest BCUT2D eigenvalue weighted by Gasteiger charge is 2.11. The molecule has 0 aliphatic heterocycles. The van der Waals surface area contributed by atoms with E-state index < -0.39 is 5.56 Å². The van der Waals surface area contributed by atoms with Crippen molar-refractivity contribution in [1.29, 1.82) is 0 Å². The summed E-state index contributed by atoms with van der Waals surface area (Å²) in [4.78, 5) is 22.4. The first-order chi connectivity index (χ1) is 7.15. The number of H-pyrrole nitrogens is 2. The van der Waals surface area contributed by atoms with Gasteiger partial charge in [0, 0.05) is 6.42 Å². The fourth-order valence-electron chi connectivity index (χ4n) is 1.24. The second-order valence-corrected chi connectivity index (χ2v) is 3.46. The molecule has 15 heavy (non-hydrogen) atoms. The summed E-state index contributed by atoms with van der Waals surface area (Å²) in [7, 11) is 0. The molecule has 0 spiro atoms. The molecule has 0 aliphatic rings. The van der Waals surface area contributed by atoms with Crippen molar-refractivity contribution in [3.05, 3.63) is 16.0 Å². The molecule has 0 radical (unpaired) electrons. The zero-order valence-electron chi connectivity index (χ0n) is 9.05. The number of carbonyl (C=O) groups is 1. The SMILES string of the molecule is CCCCCC(=O)Oc1c(C)[nH][nH]c1=O. The summed E-state index contributed by atoms with van der Waals surface area (Å²) in [6, 6.07) is 0. The molecule has 1 aromatic heterocycles. The molecule has 1 heterocycles. The molecule has 1 rings (SSSR count). The van der Waals surface area contributed by atoms with E-state index in [1.165, 1.54) is 0 Å². The highest BCUT2D eigenvalue weighted by Crippen LogP contribution is 2.09. The van der Waals surface area contributed by atoms with Crippen molar-refractivity contribution in [3.63, 3.8) is 0 Å². The molecular formula is C10H16N2O3. The Morgan fingerprint density at radius 2 is 2.07 bits per heavy atom. The fourth-order valence-corrected chi connectivity index (χ4v) is 1.24. The number of rotatable bonds is 5. The number of aromatic amines is 2. The van der Waals surface area contributed by atoms with Crippen molar-refractivity contribution in [3.8, 4) is 5.75 Å². The van der Waals surface area contributed by atoms with Crippen LogP contribution in [0, 0.1) is 6.92 Å². The van der Waals surface area contributed by atoms with E-state index in [4.69, 9.17) is 4.74 Å². The Bertz CT molecular complexity index is 378. The molecule has 0 aliphatic carbocycles. The number of hydrogen-bond donors (Lipinski definition) is 2. The first-order valence-corrected chi connectivity index (χ1v) is 5.13. The normalized spacial score (nSPS) is 10.3. The lowest BCUT2D eigenvalue weighted by Gasteiger charge is -2.01. The summed E-state index contributed by atoms with van der Waals surface area (Å²) in [5.41, 5.74) is 0.153. The average molecular weight is 212 g/mol. The van der Waals surface area contributed by atoms with Crippen molar-refractivity contribution < 1.29 is 9.53 Å². The van der Waals surface area contributed by atoms with E-state index in [2.05, 4.69) is 17.1 Å². The Kier molecular flexibility index (Phi) is 4.15. The minimum absolute atomic E-state index is 0.0801. The molecule has 0 unspecified atom stereocenters. The second kappa shape index (κ2) is 5.38. The van der Waals surface area contributed by atoms with Gasteiger partial charge in [0.1, 0.15) is 0 Å². The van der Waals surface area contributed by atoms with E-state index in [1.54, 1.807) is 6.92 Å². The number of hydrogen-bond acceptors (Lipinski definition) is 3. The van der Waals surface area contributed by atoms with Crippen LogP contribution in [0.1, 0.15) is 38.3 Å². The van der Waals surface area contributed by atoms with Crippen LogP contribution in [0.15, 0.2) is 4.79 Å². The Labute approximate surface area is 87.8 Å². The summed E-state index contributed by atoms with van der Waals surface area (Å²) < 4.78 is 4.95. The molecular weight excluding hydrogens is 196 g/mol. The summed E-state index contributed by atoms with van der Waals surface area (Å²) in [6.07, 6.45) is 3.21. The molecule has 1 aromatic rings. The number of aromatic nitrogens is 2. The number of ether oxygens (including phenoxy) is 1. The number of aryl methyl sites for hydroxylation is 1. The zero-order chi connectivity index (χ0) is 11.3. The topological polar surface area (TPSA) is 75.0 Å². The van der Waals surface area contributed by atoms with Crippen LogP contribution in [0.4, 0.5) is 0 Å². The number of nitrogens with one attached hydrogen (secondary N) is 2. The quantitative estimate of drug-likeness (QED) is 0.573. The maximum atomic E-state index is 11.3. The number of carbonyl (C=O) groups excluding carboxylic acids is 1.